The lowest BCUT2D eigenvalue weighted by molar-refractivity contribution is -0.167. The number of hydrogen-bond acceptors (Lipinski definition) is 4. The van der Waals surface area contributed by atoms with Gasteiger partial charge in [0.2, 0.25) is 0 Å². The van der Waals surface area contributed by atoms with Crippen molar-refractivity contribution in [3.63, 3.8) is 0 Å². The molecule has 0 unspecified atom stereocenters. The van der Waals surface area contributed by atoms with Gasteiger partial charge in [-0.1, -0.05) is 6.92 Å². The van der Waals surface area contributed by atoms with Crippen LogP contribution in [-0.4, -0.2) is 23.1 Å². The van der Waals surface area contributed by atoms with Gasteiger partial charge in [-0.2, -0.15) is 0 Å². The highest BCUT2D eigenvalue weighted by Gasteiger charge is 2.66. The predicted molar refractivity (Wildman–Crippen MR) is 90.5 cm³/mol. The second-order valence-corrected chi connectivity index (χ2v) is 9.24. The van der Waals surface area contributed by atoms with E-state index >= 15 is 0 Å². The normalized spacial score (nSPS) is 48.7. The SMILES string of the molecule is C[C@]12CC[C@H]3[C@@H](CC(=O)C4=CC(=O)CC[C@@H]43)[C@@H]1CC[C@@]21CCC(=O)O1. The van der Waals surface area contributed by atoms with Gasteiger partial charge >= 0.3 is 5.97 Å². The van der Waals surface area contributed by atoms with E-state index in [4.69, 9.17) is 4.74 Å². The molecule has 4 nitrogen and oxygen atoms in total. The van der Waals surface area contributed by atoms with Crippen molar-refractivity contribution in [1.82, 2.24) is 0 Å². The Kier molecular flexibility index (Phi) is 3.19. The van der Waals surface area contributed by atoms with Gasteiger partial charge in [-0.15, -0.1) is 0 Å². The van der Waals surface area contributed by atoms with E-state index < -0.39 is 0 Å². The Labute approximate surface area is 148 Å². The summed E-state index contributed by atoms with van der Waals surface area (Å²) in [6.45, 7) is 2.32. The van der Waals surface area contributed by atoms with Crippen LogP contribution in [0.25, 0.3) is 0 Å². The Hall–Kier alpha value is -1.45. The lowest BCUT2D eigenvalue weighted by Crippen LogP contribution is -2.53. The maximum atomic E-state index is 12.8. The summed E-state index contributed by atoms with van der Waals surface area (Å²) < 4.78 is 5.93. The van der Waals surface area contributed by atoms with Crippen molar-refractivity contribution in [2.24, 2.45) is 29.1 Å². The van der Waals surface area contributed by atoms with Gasteiger partial charge in [-0.25, -0.2) is 0 Å². The van der Waals surface area contributed by atoms with Crippen LogP contribution in [0.3, 0.4) is 0 Å². The summed E-state index contributed by atoms with van der Waals surface area (Å²) in [5.41, 5.74) is 0.564. The van der Waals surface area contributed by atoms with Crippen molar-refractivity contribution < 1.29 is 19.1 Å². The molecule has 6 atom stereocenters. The Balaban J connectivity index is 1.49. The Morgan fingerprint density at radius 2 is 1.84 bits per heavy atom. The van der Waals surface area contributed by atoms with Gasteiger partial charge in [0.15, 0.2) is 11.6 Å². The molecule has 25 heavy (non-hydrogen) atoms. The Bertz CT molecular complexity index is 707. The number of Topliss-reactive ketones (excluding diaryl/α,β-unsaturated/α-hetero) is 1. The summed E-state index contributed by atoms with van der Waals surface area (Å²) in [4.78, 5) is 36.4. The Morgan fingerprint density at radius 1 is 1.00 bits per heavy atom. The minimum Gasteiger partial charge on any atom is -0.458 e. The van der Waals surface area contributed by atoms with Crippen LogP contribution in [0.2, 0.25) is 0 Å². The van der Waals surface area contributed by atoms with Gasteiger partial charge in [-0.3, -0.25) is 14.4 Å². The molecule has 1 aliphatic heterocycles. The monoisotopic (exact) mass is 342 g/mol. The van der Waals surface area contributed by atoms with E-state index in [9.17, 15) is 14.4 Å². The van der Waals surface area contributed by atoms with Gasteiger partial charge in [0, 0.05) is 30.3 Å². The summed E-state index contributed by atoms with van der Waals surface area (Å²) in [7, 11) is 0. The number of hydrogen-bond donors (Lipinski definition) is 0. The van der Waals surface area contributed by atoms with Gasteiger partial charge in [0.1, 0.15) is 5.60 Å². The van der Waals surface area contributed by atoms with Crippen molar-refractivity contribution in [2.75, 3.05) is 0 Å². The lowest BCUT2D eigenvalue weighted by Gasteiger charge is -2.55. The molecular weight excluding hydrogens is 316 g/mol. The van der Waals surface area contributed by atoms with Crippen LogP contribution in [0.1, 0.15) is 64.7 Å². The molecule has 4 heteroatoms. The van der Waals surface area contributed by atoms with Gasteiger partial charge in [0.05, 0.1) is 0 Å². The largest absolute Gasteiger partial charge is 0.458 e. The number of carbonyl (C=O) groups is 3. The average molecular weight is 342 g/mol. The van der Waals surface area contributed by atoms with E-state index in [1.165, 1.54) is 0 Å². The fraction of sp³-hybridized carbons (Fsp3) is 0.762. The van der Waals surface area contributed by atoms with E-state index in [0.717, 1.165) is 44.1 Å². The maximum absolute atomic E-state index is 12.8. The highest BCUT2D eigenvalue weighted by molar-refractivity contribution is 6.05. The molecule has 0 N–H and O–H groups in total. The van der Waals surface area contributed by atoms with Crippen LogP contribution >= 0.6 is 0 Å². The fourth-order valence-corrected chi connectivity index (χ4v) is 7.27. The number of fused-ring (bicyclic) bond motifs is 6. The minimum absolute atomic E-state index is 0.0201. The second kappa shape index (κ2) is 5.05. The quantitative estimate of drug-likeness (QED) is 0.633. The molecule has 134 valence electrons. The van der Waals surface area contributed by atoms with Crippen LogP contribution in [0.15, 0.2) is 11.6 Å². The molecule has 1 heterocycles. The predicted octanol–water partition coefficient (Wildman–Crippen LogP) is 3.38. The first-order valence-corrected chi connectivity index (χ1v) is 9.93. The van der Waals surface area contributed by atoms with E-state index in [2.05, 4.69) is 6.92 Å². The first-order chi connectivity index (χ1) is 11.9. The van der Waals surface area contributed by atoms with E-state index in [-0.39, 0.29) is 34.5 Å². The third-order valence-corrected chi connectivity index (χ3v) is 8.50. The number of allylic oxidation sites excluding steroid dienone is 1. The summed E-state index contributed by atoms with van der Waals surface area (Å²) in [6.07, 6.45) is 9.29. The molecule has 0 radical (unpaired) electrons. The molecule has 1 saturated heterocycles. The molecule has 1 spiro atoms. The molecular formula is C21H26O4. The van der Waals surface area contributed by atoms with Gasteiger partial charge in [-0.05, 0) is 68.3 Å². The zero-order chi connectivity index (χ0) is 17.4. The number of carbonyl (C=O) groups excluding carboxylic acids is 3. The molecule has 0 aromatic rings. The summed E-state index contributed by atoms with van der Waals surface area (Å²) in [5.74, 6) is 1.98. The molecule has 3 saturated carbocycles. The smallest absolute Gasteiger partial charge is 0.306 e. The van der Waals surface area contributed by atoms with E-state index in [1.54, 1.807) is 6.08 Å². The highest BCUT2D eigenvalue weighted by Crippen LogP contribution is 2.67. The molecule has 0 aromatic heterocycles. The third-order valence-electron chi connectivity index (χ3n) is 8.50. The van der Waals surface area contributed by atoms with Gasteiger partial charge < -0.3 is 4.74 Å². The van der Waals surface area contributed by atoms with Crippen molar-refractivity contribution in [1.29, 1.82) is 0 Å². The standard InChI is InChI=1S/C21H26O4/c1-20-7-4-14-13-3-2-12(22)10-16(13)18(23)11-15(14)17(20)5-8-21(20)9-6-19(24)25-21/h10,13-15,17H,2-9,11H2,1H3/t13-,14-,15-,17+,20+,21-/m1/s1. The minimum atomic E-state index is -0.276. The molecule has 5 rings (SSSR count). The molecule has 4 fully saturated rings. The van der Waals surface area contributed by atoms with Crippen molar-refractivity contribution in [2.45, 2.75) is 70.3 Å². The molecule has 0 aromatic carbocycles. The zero-order valence-corrected chi connectivity index (χ0v) is 14.9. The van der Waals surface area contributed by atoms with Crippen LogP contribution in [0.4, 0.5) is 0 Å². The lowest BCUT2D eigenvalue weighted by atomic mass is 9.50. The zero-order valence-electron chi connectivity index (χ0n) is 14.9. The highest BCUT2D eigenvalue weighted by atomic mass is 16.6. The number of ketones is 2. The summed E-state index contributed by atoms with van der Waals surface area (Å²) in [6, 6.07) is 0. The molecule has 4 aliphatic carbocycles. The number of ether oxygens (including phenoxy) is 1. The van der Waals surface area contributed by atoms with E-state index in [1.807, 2.05) is 0 Å². The summed E-state index contributed by atoms with van der Waals surface area (Å²) >= 11 is 0. The van der Waals surface area contributed by atoms with Crippen LogP contribution < -0.4 is 0 Å². The maximum Gasteiger partial charge on any atom is 0.306 e. The van der Waals surface area contributed by atoms with Crippen molar-refractivity contribution in [3.8, 4) is 0 Å². The Morgan fingerprint density at radius 3 is 2.60 bits per heavy atom. The topological polar surface area (TPSA) is 60.4 Å². The number of rotatable bonds is 0. The van der Waals surface area contributed by atoms with Crippen LogP contribution in [0.5, 0.6) is 0 Å². The summed E-state index contributed by atoms with van der Waals surface area (Å²) in [5, 5.41) is 0. The number of esters is 1. The van der Waals surface area contributed by atoms with Crippen molar-refractivity contribution in [3.05, 3.63) is 11.6 Å². The van der Waals surface area contributed by atoms with Crippen molar-refractivity contribution >= 4 is 17.5 Å². The third kappa shape index (κ3) is 1.97. The first-order valence-electron chi connectivity index (χ1n) is 9.93. The van der Waals surface area contributed by atoms with E-state index in [0.29, 0.717) is 37.0 Å². The average Bonchev–Trinajstić information content (AvgIpc) is 3.10. The van der Waals surface area contributed by atoms with Crippen LogP contribution in [0, 0.1) is 29.1 Å². The molecule has 5 aliphatic rings. The molecule has 0 amide bonds. The first kappa shape index (κ1) is 15.8. The fourth-order valence-electron chi connectivity index (χ4n) is 7.27. The van der Waals surface area contributed by atoms with Gasteiger partial charge in [0.25, 0.3) is 0 Å². The molecule has 0 bridgehead atoms. The van der Waals surface area contributed by atoms with Crippen LogP contribution in [-0.2, 0) is 19.1 Å². The second-order valence-electron chi connectivity index (χ2n) is 9.24.